The molecular formula is C9H9ClF2O. The van der Waals surface area contributed by atoms with E-state index >= 15 is 0 Å². The average molecular weight is 207 g/mol. The van der Waals surface area contributed by atoms with E-state index in [0.717, 1.165) is 0 Å². The van der Waals surface area contributed by atoms with Crippen molar-refractivity contribution in [3.8, 4) is 0 Å². The molecule has 0 amide bonds. The SMILES string of the molecule is Cc1ccccc1C(O)C(F)(F)Cl. The smallest absolute Gasteiger partial charge is 0.351 e. The maximum absolute atomic E-state index is 12.5. The molecule has 1 rings (SSSR count). The van der Waals surface area contributed by atoms with Gasteiger partial charge in [-0.1, -0.05) is 24.3 Å². The molecule has 4 heteroatoms. The highest BCUT2D eigenvalue weighted by Gasteiger charge is 2.37. The Hall–Kier alpha value is -0.670. The first-order chi connectivity index (χ1) is 5.93. The predicted octanol–water partition coefficient (Wildman–Crippen LogP) is 2.86. The van der Waals surface area contributed by atoms with E-state index < -0.39 is 11.5 Å². The van der Waals surface area contributed by atoms with Crippen molar-refractivity contribution in [1.82, 2.24) is 0 Å². The van der Waals surface area contributed by atoms with Crippen molar-refractivity contribution < 1.29 is 13.9 Å². The number of benzene rings is 1. The number of hydrogen-bond donors (Lipinski definition) is 1. The van der Waals surface area contributed by atoms with Crippen LogP contribution in [0.5, 0.6) is 0 Å². The summed E-state index contributed by atoms with van der Waals surface area (Å²) in [4.78, 5) is 0. The first-order valence-corrected chi connectivity index (χ1v) is 4.11. The molecule has 0 saturated heterocycles. The third-order valence-corrected chi connectivity index (χ3v) is 2.00. The van der Waals surface area contributed by atoms with Crippen LogP contribution in [-0.2, 0) is 0 Å². The second-order valence-electron chi connectivity index (χ2n) is 2.80. The summed E-state index contributed by atoms with van der Waals surface area (Å²) in [6, 6.07) is 6.35. The molecule has 0 aromatic heterocycles. The topological polar surface area (TPSA) is 20.2 Å². The molecule has 1 aromatic carbocycles. The van der Waals surface area contributed by atoms with E-state index in [9.17, 15) is 8.78 Å². The first-order valence-electron chi connectivity index (χ1n) is 3.73. The highest BCUT2D eigenvalue weighted by atomic mass is 35.5. The summed E-state index contributed by atoms with van der Waals surface area (Å²) >= 11 is 4.71. The molecule has 0 bridgehead atoms. The average Bonchev–Trinajstić information content (AvgIpc) is 2.02. The minimum Gasteiger partial charge on any atom is -0.381 e. The number of alkyl halides is 3. The zero-order valence-electron chi connectivity index (χ0n) is 6.97. The highest BCUT2D eigenvalue weighted by molar-refractivity contribution is 6.22. The van der Waals surface area contributed by atoms with E-state index in [1.165, 1.54) is 6.07 Å². The summed E-state index contributed by atoms with van der Waals surface area (Å²) < 4.78 is 25.0. The summed E-state index contributed by atoms with van der Waals surface area (Å²) in [5.74, 6) is 0. The summed E-state index contributed by atoms with van der Waals surface area (Å²) in [6.45, 7) is 1.64. The molecule has 0 saturated carbocycles. The van der Waals surface area contributed by atoms with Crippen molar-refractivity contribution in [1.29, 1.82) is 0 Å². The lowest BCUT2D eigenvalue weighted by molar-refractivity contribution is -0.0427. The molecule has 72 valence electrons. The van der Waals surface area contributed by atoms with Crippen LogP contribution in [0.15, 0.2) is 24.3 Å². The Balaban J connectivity index is 3.02. The maximum Gasteiger partial charge on any atom is 0.351 e. The fourth-order valence-electron chi connectivity index (χ4n) is 1.07. The van der Waals surface area contributed by atoms with Crippen molar-refractivity contribution in [3.05, 3.63) is 35.4 Å². The van der Waals surface area contributed by atoms with Gasteiger partial charge in [-0.3, -0.25) is 0 Å². The van der Waals surface area contributed by atoms with E-state index in [-0.39, 0.29) is 5.56 Å². The van der Waals surface area contributed by atoms with Crippen LogP contribution in [0.25, 0.3) is 0 Å². The van der Waals surface area contributed by atoms with Crippen LogP contribution >= 0.6 is 11.6 Å². The van der Waals surface area contributed by atoms with E-state index in [1.54, 1.807) is 25.1 Å². The molecule has 1 unspecified atom stereocenters. The molecule has 0 aliphatic rings. The fraction of sp³-hybridized carbons (Fsp3) is 0.333. The quantitative estimate of drug-likeness (QED) is 0.738. The van der Waals surface area contributed by atoms with Crippen LogP contribution in [0.1, 0.15) is 17.2 Å². The van der Waals surface area contributed by atoms with Gasteiger partial charge in [0.2, 0.25) is 0 Å². The van der Waals surface area contributed by atoms with Gasteiger partial charge in [0.1, 0.15) is 0 Å². The van der Waals surface area contributed by atoms with Gasteiger partial charge in [-0.15, -0.1) is 0 Å². The Bertz CT molecular complexity index is 296. The summed E-state index contributed by atoms with van der Waals surface area (Å²) in [7, 11) is 0. The lowest BCUT2D eigenvalue weighted by atomic mass is 10.0. The van der Waals surface area contributed by atoms with Gasteiger partial charge in [0, 0.05) is 0 Å². The number of halogens is 3. The van der Waals surface area contributed by atoms with Crippen LogP contribution in [0.3, 0.4) is 0 Å². The zero-order valence-corrected chi connectivity index (χ0v) is 7.72. The minimum absolute atomic E-state index is 0.155. The van der Waals surface area contributed by atoms with Gasteiger partial charge in [-0.05, 0) is 29.7 Å². The monoisotopic (exact) mass is 206 g/mol. The van der Waals surface area contributed by atoms with Crippen LogP contribution in [0, 0.1) is 6.92 Å². The third-order valence-electron chi connectivity index (χ3n) is 1.79. The lowest BCUT2D eigenvalue weighted by Gasteiger charge is -2.17. The van der Waals surface area contributed by atoms with Gasteiger partial charge in [0.25, 0.3) is 0 Å². The van der Waals surface area contributed by atoms with Crippen molar-refractivity contribution >= 4 is 11.6 Å². The van der Waals surface area contributed by atoms with Crippen molar-refractivity contribution in [2.24, 2.45) is 0 Å². The molecule has 1 nitrogen and oxygen atoms in total. The van der Waals surface area contributed by atoms with Gasteiger partial charge in [-0.25, -0.2) is 0 Å². The molecule has 13 heavy (non-hydrogen) atoms. The molecule has 0 heterocycles. The molecule has 0 fully saturated rings. The van der Waals surface area contributed by atoms with Crippen LogP contribution in [0.4, 0.5) is 8.78 Å². The van der Waals surface area contributed by atoms with E-state index in [1.807, 2.05) is 0 Å². The van der Waals surface area contributed by atoms with Gasteiger partial charge in [0.15, 0.2) is 6.10 Å². The van der Waals surface area contributed by atoms with Gasteiger partial charge < -0.3 is 5.11 Å². The Morgan fingerprint density at radius 1 is 1.38 bits per heavy atom. The Labute approximate surface area is 80.0 Å². The van der Waals surface area contributed by atoms with Gasteiger partial charge in [-0.2, -0.15) is 8.78 Å². The first kappa shape index (κ1) is 10.4. The molecule has 0 aliphatic carbocycles. The number of aliphatic hydroxyl groups excluding tert-OH is 1. The highest BCUT2D eigenvalue weighted by Crippen LogP contribution is 2.35. The second kappa shape index (κ2) is 3.60. The number of rotatable bonds is 2. The fourth-order valence-corrected chi connectivity index (χ4v) is 1.19. The molecule has 1 N–H and O–H groups in total. The summed E-state index contributed by atoms with van der Waals surface area (Å²) in [6.07, 6.45) is -1.95. The van der Waals surface area contributed by atoms with Crippen LogP contribution < -0.4 is 0 Å². The van der Waals surface area contributed by atoms with E-state index in [4.69, 9.17) is 16.7 Å². The van der Waals surface area contributed by atoms with E-state index in [2.05, 4.69) is 0 Å². The largest absolute Gasteiger partial charge is 0.381 e. The number of aryl methyl sites for hydroxylation is 1. The minimum atomic E-state index is -3.62. The standard InChI is InChI=1S/C9H9ClF2O/c1-6-4-2-3-5-7(6)8(13)9(10,11)12/h2-5,8,13H,1H3. The Morgan fingerprint density at radius 2 is 1.92 bits per heavy atom. The summed E-state index contributed by atoms with van der Waals surface area (Å²) in [5, 5.41) is 5.54. The van der Waals surface area contributed by atoms with Crippen LogP contribution in [0.2, 0.25) is 0 Å². The molecule has 0 radical (unpaired) electrons. The van der Waals surface area contributed by atoms with Gasteiger partial charge >= 0.3 is 5.38 Å². The Kier molecular flexibility index (Phi) is 2.88. The van der Waals surface area contributed by atoms with Gasteiger partial charge in [0.05, 0.1) is 0 Å². The predicted molar refractivity (Wildman–Crippen MR) is 46.9 cm³/mol. The lowest BCUT2D eigenvalue weighted by Crippen LogP contribution is -2.19. The summed E-state index contributed by atoms with van der Waals surface area (Å²) in [5.41, 5.74) is 0.748. The number of aliphatic hydroxyl groups is 1. The maximum atomic E-state index is 12.5. The molecule has 1 aromatic rings. The molecular weight excluding hydrogens is 198 g/mol. The Morgan fingerprint density at radius 3 is 2.38 bits per heavy atom. The second-order valence-corrected chi connectivity index (χ2v) is 3.30. The van der Waals surface area contributed by atoms with Crippen molar-refractivity contribution in [3.63, 3.8) is 0 Å². The molecule has 0 aliphatic heterocycles. The molecule has 1 atom stereocenters. The van der Waals surface area contributed by atoms with Crippen molar-refractivity contribution in [2.45, 2.75) is 18.4 Å². The number of hydrogen-bond acceptors (Lipinski definition) is 1. The molecule has 0 spiro atoms. The van der Waals surface area contributed by atoms with Crippen molar-refractivity contribution in [2.75, 3.05) is 0 Å². The van der Waals surface area contributed by atoms with E-state index in [0.29, 0.717) is 5.56 Å². The third kappa shape index (κ3) is 2.39. The van der Waals surface area contributed by atoms with Crippen LogP contribution in [-0.4, -0.2) is 10.5 Å². The zero-order chi connectivity index (χ0) is 10.1. The normalized spacial score (nSPS) is 14.2.